The number of nitrogens with one attached hydrogen (secondary N) is 3. The Balaban J connectivity index is 1.44. The number of hydrazine groups is 1. The third kappa shape index (κ3) is 3.74. The fourth-order valence-corrected chi connectivity index (χ4v) is 3.66. The van der Waals surface area contributed by atoms with E-state index in [9.17, 15) is 9.18 Å². The SMILES string of the molecule is COc1cc(F)cc(NC2CCN(c3ccc(C4CNNC4)cc3)C2=O)c1. The summed E-state index contributed by atoms with van der Waals surface area (Å²) in [4.78, 5) is 14.6. The second-order valence-corrected chi connectivity index (χ2v) is 6.91. The standard InChI is InChI=1S/C20H23FN4O2/c1-27-18-9-15(21)8-16(10-18)24-19-6-7-25(20(19)26)17-4-2-13(3-5-17)14-11-22-23-12-14/h2-5,8-10,14,19,22-24H,6-7,11-12H2,1H3. The van der Waals surface area contributed by atoms with Crippen LogP contribution in [0, 0.1) is 5.82 Å². The zero-order chi connectivity index (χ0) is 18.8. The topological polar surface area (TPSA) is 65.6 Å². The molecule has 0 radical (unpaired) electrons. The maximum Gasteiger partial charge on any atom is 0.249 e. The van der Waals surface area contributed by atoms with Crippen molar-refractivity contribution >= 4 is 17.3 Å². The Bertz CT molecular complexity index is 821. The molecule has 2 heterocycles. The molecule has 142 valence electrons. The van der Waals surface area contributed by atoms with Crippen molar-refractivity contribution in [3.05, 3.63) is 53.8 Å². The molecule has 7 heteroatoms. The van der Waals surface area contributed by atoms with E-state index in [-0.39, 0.29) is 11.9 Å². The van der Waals surface area contributed by atoms with Crippen molar-refractivity contribution in [3.63, 3.8) is 0 Å². The number of carbonyl (C=O) groups excluding carboxylic acids is 1. The van der Waals surface area contributed by atoms with Crippen LogP contribution in [0.4, 0.5) is 15.8 Å². The lowest BCUT2D eigenvalue weighted by molar-refractivity contribution is -0.117. The lowest BCUT2D eigenvalue weighted by Gasteiger charge is -2.19. The number of nitrogens with zero attached hydrogens (tertiary/aromatic N) is 1. The Hall–Kier alpha value is -2.64. The van der Waals surface area contributed by atoms with Gasteiger partial charge in [0, 0.05) is 49.1 Å². The van der Waals surface area contributed by atoms with E-state index in [1.807, 2.05) is 12.1 Å². The Labute approximate surface area is 157 Å². The highest BCUT2D eigenvalue weighted by atomic mass is 19.1. The molecule has 0 spiro atoms. The van der Waals surface area contributed by atoms with Gasteiger partial charge in [-0.05, 0) is 30.2 Å². The van der Waals surface area contributed by atoms with Crippen molar-refractivity contribution in [2.75, 3.05) is 37.0 Å². The van der Waals surface area contributed by atoms with Gasteiger partial charge >= 0.3 is 0 Å². The Morgan fingerprint density at radius 3 is 2.59 bits per heavy atom. The summed E-state index contributed by atoms with van der Waals surface area (Å²) in [6, 6.07) is 12.2. The van der Waals surface area contributed by atoms with Crippen molar-refractivity contribution in [1.29, 1.82) is 0 Å². The van der Waals surface area contributed by atoms with Crippen LogP contribution < -0.4 is 25.8 Å². The lowest BCUT2D eigenvalue weighted by Crippen LogP contribution is -2.33. The van der Waals surface area contributed by atoms with Crippen LogP contribution in [0.2, 0.25) is 0 Å². The normalized spacial score (nSPS) is 20.3. The van der Waals surface area contributed by atoms with E-state index in [0.717, 1.165) is 18.8 Å². The minimum absolute atomic E-state index is 0.00447. The molecular formula is C20H23FN4O2. The van der Waals surface area contributed by atoms with Gasteiger partial charge in [-0.3, -0.25) is 15.6 Å². The second kappa shape index (κ2) is 7.54. The molecule has 0 aromatic heterocycles. The summed E-state index contributed by atoms with van der Waals surface area (Å²) in [5, 5.41) is 3.13. The van der Waals surface area contributed by atoms with Gasteiger partial charge in [0.25, 0.3) is 0 Å². The largest absolute Gasteiger partial charge is 0.497 e. The van der Waals surface area contributed by atoms with Gasteiger partial charge in [0.1, 0.15) is 17.6 Å². The maximum atomic E-state index is 13.7. The molecule has 3 N–H and O–H groups in total. The van der Waals surface area contributed by atoms with Crippen molar-refractivity contribution in [3.8, 4) is 5.75 Å². The van der Waals surface area contributed by atoms with Crippen molar-refractivity contribution in [1.82, 2.24) is 10.9 Å². The molecule has 1 amide bonds. The van der Waals surface area contributed by atoms with Gasteiger partial charge in [-0.2, -0.15) is 0 Å². The number of halogens is 1. The van der Waals surface area contributed by atoms with Gasteiger partial charge in [-0.15, -0.1) is 0 Å². The van der Waals surface area contributed by atoms with Crippen molar-refractivity contribution in [2.45, 2.75) is 18.4 Å². The minimum Gasteiger partial charge on any atom is -0.497 e. The summed E-state index contributed by atoms with van der Waals surface area (Å²) in [7, 11) is 1.49. The number of amides is 1. The van der Waals surface area contributed by atoms with Crippen LogP contribution in [-0.2, 0) is 4.79 Å². The number of methoxy groups -OCH3 is 1. The number of anilines is 2. The van der Waals surface area contributed by atoms with Crippen LogP contribution in [0.5, 0.6) is 5.75 Å². The van der Waals surface area contributed by atoms with Crippen molar-refractivity contribution in [2.24, 2.45) is 0 Å². The second-order valence-electron chi connectivity index (χ2n) is 6.91. The molecule has 2 aliphatic heterocycles. The van der Waals surface area contributed by atoms with E-state index in [1.165, 1.54) is 24.8 Å². The summed E-state index contributed by atoms with van der Waals surface area (Å²) in [5.41, 5.74) is 8.95. The molecule has 2 aromatic carbocycles. The first-order valence-electron chi connectivity index (χ1n) is 9.12. The summed E-state index contributed by atoms with van der Waals surface area (Å²) < 4.78 is 18.8. The first-order chi connectivity index (χ1) is 13.1. The van der Waals surface area contributed by atoms with Gasteiger partial charge in [-0.25, -0.2) is 4.39 Å². The number of hydrogen-bond donors (Lipinski definition) is 3. The third-order valence-electron chi connectivity index (χ3n) is 5.15. The molecule has 4 rings (SSSR count). The van der Waals surface area contributed by atoms with Crippen LogP contribution in [0.1, 0.15) is 17.9 Å². The van der Waals surface area contributed by atoms with E-state index in [4.69, 9.17) is 4.74 Å². The van der Waals surface area contributed by atoms with Crippen LogP contribution >= 0.6 is 0 Å². The molecule has 1 unspecified atom stereocenters. The van der Waals surface area contributed by atoms with E-state index in [2.05, 4.69) is 28.3 Å². The Morgan fingerprint density at radius 2 is 1.89 bits per heavy atom. The number of carbonyl (C=O) groups is 1. The summed E-state index contributed by atoms with van der Waals surface area (Å²) in [5.74, 6) is 0.470. The zero-order valence-corrected chi connectivity index (χ0v) is 15.2. The predicted molar refractivity (Wildman–Crippen MR) is 103 cm³/mol. The van der Waals surface area contributed by atoms with Crippen molar-refractivity contribution < 1.29 is 13.9 Å². The van der Waals surface area contributed by atoms with Gasteiger partial charge < -0.3 is 15.0 Å². The first-order valence-corrected chi connectivity index (χ1v) is 9.12. The van der Waals surface area contributed by atoms with E-state index >= 15 is 0 Å². The van der Waals surface area contributed by atoms with Gasteiger partial charge in [0.05, 0.1) is 7.11 Å². The molecule has 2 saturated heterocycles. The van der Waals surface area contributed by atoms with Crippen LogP contribution in [0.3, 0.4) is 0 Å². The molecule has 27 heavy (non-hydrogen) atoms. The number of rotatable bonds is 5. The lowest BCUT2D eigenvalue weighted by atomic mass is 10.00. The van der Waals surface area contributed by atoms with E-state index < -0.39 is 5.82 Å². The zero-order valence-electron chi connectivity index (χ0n) is 15.2. The van der Waals surface area contributed by atoms with Crippen LogP contribution in [-0.4, -0.2) is 38.7 Å². The number of hydrogen-bond acceptors (Lipinski definition) is 5. The molecule has 2 aliphatic rings. The smallest absolute Gasteiger partial charge is 0.249 e. The maximum absolute atomic E-state index is 13.7. The summed E-state index contributed by atoms with van der Waals surface area (Å²) >= 11 is 0. The molecule has 6 nitrogen and oxygen atoms in total. The van der Waals surface area contributed by atoms with Crippen LogP contribution in [0.25, 0.3) is 0 Å². The van der Waals surface area contributed by atoms with Gasteiger partial charge in [0.2, 0.25) is 5.91 Å². The molecule has 0 bridgehead atoms. The molecular weight excluding hydrogens is 347 g/mol. The first kappa shape index (κ1) is 17.8. The van der Waals surface area contributed by atoms with Gasteiger partial charge in [-0.1, -0.05) is 12.1 Å². The third-order valence-corrected chi connectivity index (χ3v) is 5.15. The molecule has 0 aliphatic carbocycles. The number of ether oxygens (including phenoxy) is 1. The van der Waals surface area contributed by atoms with Gasteiger partial charge in [0.15, 0.2) is 0 Å². The monoisotopic (exact) mass is 370 g/mol. The average Bonchev–Trinajstić information content (AvgIpc) is 3.32. The molecule has 2 aromatic rings. The Kier molecular flexibility index (Phi) is 4.96. The predicted octanol–water partition coefficient (Wildman–Crippen LogP) is 2.24. The summed E-state index contributed by atoms with van der Waals surface area (Å²) in [6.07, 6.45) is 0.663. The highest BCUT2D eigenvalue weighted by Crippen LogP contribution is 2.27. The molecule has 2 fully saturated rings. The molecule has 0 saturated carbocycles. The fraction of sp³-hybridized carbons (Fsp3) is 0.350. The van der Waals surface area contributed by atoms with E-state index in [0.29, 0.717) is 30.3 Å². The van der Waals surface area contributed by atoms with Crippen LogP contribution in [0.15, 0.2) is 42.5 Å². The minimum atomic E-state index is -0.398. The highest BCUT2D eigenvalue weighted by Gasteiger charge is 2.32. The summed E-state index contributed by atoms with van der Waals surface area (Å²) in [6.45, 7) is 2.45. The highest BCUT2D eigenvalue weighted by molar-refractivity contribution is 6.01. The molecule has 1 atom stereocenters. The number of benzene rings is 2. The quantitative estimate of drug-likeness (QED) is 0.753. The fourth-order valence-electron chi connectivity index (χ4n) is 3.66. The van der Waals surface area contributed by atoms with E-state index in [1.54, 1.807) is 11.0 Å². The average molecular weight is 370 g/mol. The Morgan fingerprint density at radius 1 is 1.15 bits per heavy atom.